The lowest BCUT2D eigenvalue weighted by Gasteiger charge is -2.26. The van der Waals surface area contributed by atoms with Crippen LogP contribution in [0.3, 0.4) is 0 Å². The Hall–Kier alpha value is -3.18. The minimum Gasteiger partial charge on any atom is -0.488 e. The van der Waals surface area contributed by atoms with Crippen molar-refractivity contribution < 1.29 is 22.0 Å². The predicted molar refractivity (Wildman–Crippen MR) is 115 cm³/mol. The van der Waals surface area contributed by atoms with Crippen molar-refractivity contribution in [2.24, 2.45) is 0 Å². The smallest absolute Gasteiger partial charge is 0.434 e. The molecule has 2 atom stereocenters. The number of hydrogen-bond donors (Lipinski definition) is 3. The van der Waals surface area contributed by atoms with Gasteiger partial charge in [-0.05, 0) is 48.7 Å². The van der Waals surface area contributed by atoms with E-state index in [1.165, 1.54) is 12.1 Å². The molecule has 0 fully saturated rings. The first kappa shape index (κ1) is 22.0. The van der Waals surface area contributed by atoms with E-state index in [1.54, 1.807) is 32.0 Å². The lowest BCUT2D eigenvalue weighted by molar-refractivity contribution is 0.314. The fraction of sp³-hybridized carbons (Fsp3) is 0.333. The molecule has 32 heavy (non-hydrogen) atoms. The van der Waals surface area contributed by atoms with Crippen molar-refractivity contribution in [2.75, 3.05) is 18.5 Å². The number of nitrogens with one attached hydrogen (secondary N) is 3. The van der Waals surface area contributed by atoms with E-state index >= 15 is 0 Å². The van der Waals surface area contributed by atoms with Gasteiger partial charge in [0, 0.05) is 12.5 Å². The van der Waals surface area contributed by atoms with Crippen LogP contribution in [0, 0.1) is 19.7 Å². The van der Waals surface area contributed by atoms with Crippen LogP contribution in [0.2, 0.25) is 0 Å². The summed E-state index contributed by atoms with van der Waals surface area (Å²) in [7, 11) is -4.18. The molecule has 0 amide bonds. The second-order valence-corrected chi connectivity index (χ2v) is 9.33. The Bertz CT molecular complexity index is 1320. The van der Waals surface area contributed by atoms with Gasteiger partial charge in [0.2, 0.25) is 15.9 Å². The highest BCUT2D eigenvalue weighted by molar-refractivity contribution is 7.89. The predicted octanol–water partition coefficient (Wildman–Crippen LogP) is 2.75. The normalized spacial score (nSPS) is 15.4. The summed E-state index contributed by atoms with van der Waals surface area (Å²) >= 11 is 0. The number of aromatic amines is 1. The van der Waals surface area contributed by atoms with Crippen LogP contribution in [-0.2, 0) is 10.0 Å². The van der Waals surface area contributed by atoms with Crippen molar-refractivity contribution in [3.05, 3.63) is 69.3 Å². The molecule has 1 aliphatic heterocycles. The summed E-state index contributed by atoms with van der Waals surface area (Å²) in [5.41, 5.74) is 2.37. The molecular formula is C21H23FN4O5S. The highest BCUT2D eigenvalue weighted by atomic mass is 32.2. The second kappa shape index (κ2) is 8.40. The SMILES string of the molecule is Cc1ccc(F)c(C(C)C(NS(=O)(=O)c2cccc3c2OCCN3)c2n[nH]c(=O)o2)c1C. The van der Waals surface area contributed by atoms with E-state index in [2.05, 4.69) is 20.2 Å². The van der Waals surface area contributed by atoms with E-state index in [4.69, 9.17) is 9.15 Å². The third kappa shape index (κ3) is 4.00. The molecule has 4 rings (SSSR count). The number of fused-ring (bicyclic) bond motifs is 1. The average molecular weight is 463 g/mol. The van der Waals surface area contributed by atoms with Crippen LogP contribution in [0.25, 0.3) is 0 Å². The van der Waals surface area contributed by atoms with Gasteiger partial charge >= 0.3 is 5.76 Å². The maximum Gasteiger partial charge on any atom is 0.434 e. The molecule has 1 aromatic heterocycles. The number of anilines is 1. The fourth-order valence-corrected chi connectivity index (χ4v) is 5.29. The van der Waals surface area contributed by atoms with Gasteiger partial charge in [0.15, 0.2) is 5.75 Å². The minimum atomic E-state index is -4.18. The van der Waals surface area contributed by atoms with Crippen LogP contribution in [0.4, 0.5) is 10.1 Å². The number of ether oxygens (including phenoxy) is 1. The van der Waals surface area contributed by atoms with Gasteiger partial charge in [-0.3, -0.25) is 0 Å². The Morgan fingerprint density at radius 2 is 2.00 bits per heavy atom. The summed E-state index contributed by atoms with van der Waals surface area (Å²) in [6.07, 6.45) is 0. The number of nitrogens with zero attached hydrogens (tertiary/aromatic N) is 1. The van der Waals surface area contributed by atoms with E-state index < -0.39 is 33.6 Å². The van der Waals surface area contributed by atoms with Crippen LogP contribution < -0.4 is 20.5 Å². The molecule has 0 spiro atoms. The van der Waals surface area contributed by atoms with Gasteiger partial charge in [-0.15, -0.1) is 5.10 Å². The van der Waals surface area contributed by atoms with E-state index in [0.717, 1.165) is 5.56 Å². The van der Waals surface area contributed by atoms with Crippen molar-refractivity contribution in [1.82, 2.24) is 14.9 Å². The van der Waals surface area contributed by atoms with E-state index in [0.29, 0.717) is 30.0 Å². The standard InChI is InChI=1S/C21H23FN4O5S/c1-11-7-8-14(22)17(12(11)2)13(3)18(20-24-25-21(27)31-20)26-32(28,29)16-6-4-5-15-19(16)30-10-9-23-15/h4-8,13,18,23,26H,9-10H2,1-3H3,(H,25,27). The first-order chi connectivity index (χ1) is 15.2. The molecule has 2 aromatic carbocycles. The highest BCUT2D eigenvalue weighted by Gasteiger charge is 2.35. The molecule has 0 saturated carbocycles. The zero-order valence-corrected chi connectivity index (χ0v) is 18.5. The first-order valence-corrected chi connectivity index (χ1v) is 11.5. The number of aromatic nitrogens is 2. The Morgan fingerprint density at radius 1 is 1.22 bits per heavy atom. The summed E-state index contributed by atoms with van der Waals surface area (Å²) in [5.74, 6) is -2.10. The average Bonchev–Trinajstić information content (AvgIpc) is 3.20. The van der Waals surface area contributed by atoms with Crippen LogP contribution in [0.15, 0.2) is 44.4 Å². The lowest BCUT2D eigenvalue weighted by Crippen LogP contribution is -2.33. The molecule has 0 saturated heterocycles. The molecule has 3 N–H and O–H groups in total. The Balaban J connectivity index is 1.80. The number of halogens is 1. The van der Waals surface area contributed by atoms with Gasteiger partial charge in [-0.1, -0.05) is 19.1 Å². The monoisotopic (exact) mass is 462 g/mol. The van der Waals surface area contributed by atoms with Gasteiger partial charge in [0.1, 0.15) is 23.4 Å². The van der Waals surface area contributed by atoms with Crippen molar-refractivity contribution in [3.8, 4) is 5.75 Å². The first-order valence-electron chi connectivity index (χ1n) is 10.0. The third-order valence-electron chi connectivity index (χ3n) is 5.62. The number of sulfonamides is 1. The van der Waals surface area contributed by atoms with E-state index in [9.17, 15) is 17.6 Å². The van der Waals surface area contributed by atoms with E-state index in [-0.39, 0.29) is 16.5 Å². The van der Waals surface area contributed by atoms with Crippen molar-refractivity contribution in [3.63, 3.8) is 0 Å². The van der Waals surface area contributed by atoms with Gasteiger partial charge in [-0.2, -0.15) is 4.72 Å². The molecule has 1 aliphatic rings. The quantitative estimate of drug-likeness (QED) is 0.514. The zero-order valence-electron chi connectivity index (χ0n) is 17.7. The second-order valence-electron chi connectivity index (χ2n) is 7.65. The fourth-order valence-electron chi connectivity index (χ4n) is 3.86. The van der Waals surface area contributed by atoms with Crippen molar-refractivity contribution in [2.45, 2.75) is 37.6 Å². The molecule has 0 radical (unpaired) electrons. The highest BCUT2D eigenvalue weighted by Crippen LogP contribution is 2.38. The number of rotatable bonds is 6. The number of H-pyrrole nitrogens is 1. The molecule has 2 unspecified atom stereocenters. The molecule has 0 aliphatic carbocycles. The van der Waals surface area contributed by atoms with Crippen molar-refractivity contribution >= 4 is 15.7 Å². The Labute approximate surface area is 184 Å². The lowest BCUT2D eigenvalue weighted by atomic mass is 9.88. The van der Waals surface area contributed by atoms with Crippen LogP contribution in [0.5, 0.6) is 5.75 Å². The molecule has 2 heterocycles. The minimum absolute atomic E-state index is 0.0845. The molecule has 11 heteroatoms. The zero-order chi connectivity index (χ0) is 23.0. The van der Waals surface area contributed by atoms with Gasteiger partial charge in [0.05, 0.1) is 5.69 Å². The Kier molecular flexibility index (Phi) is 5.78. The van der Waals surface area contributed by atoms with Gasteiger partial charge in [-0.25, -0.2) is 22.7 Å². The summed E-state index contributed by atoms with van der Waals surface area (Å²) in [6, 6.07) is 6.53. The summed E-state index contributed by atoms with van der Waals surface area (Å²) in [6.45, 7) is 6.09. The summed E-state index contributed by atoms with van der Waals surface area (Å²) in [5, 5.41) is 9.04. The Morgan fingerprint density at radius 3 is 2.72 bits per heavy atom. The molecule has 170 valence electrons. The largest absolute Gasteiger partial charge is 0.488 e. The molecule has 9 nitrogen and oxygen atoms in total. The molecular weight excluding hydrogens is 439 g/mol. The summed E-state index contributed by atoms with van der Waals surface area (Å²) in [4.78, 5) is 11.5. The third-order valence-corrected chi connectivity index (χ3v) is 7.09. The number of para-hydroxylation sites is 1. The number of benzene rings is 2. The maximum absolute atomic E-state index is 14.8. The number of aryl methyl sites for hydroxylation is 1. The molecule has 3 aromatic rings. The van der Waals surface area contributed by atoms with Crippen LogP contribution in [0.1, 0.15) is 41.5 Å². The van der Waals surface area contributed by atoms with Gasteiger partial charge < -0.3 is 14.5 Å². The summed E-state index contributed by atoms with van der Waals surface area (Å²) < 4.78 is 54.8. The van der Waals surface area contributed by atoms with Crippen LogP contribution in [-0.4, -0.2) is 31.8 Å². The van der Waals surface area contributed by atoms with E-state index in [1.807, 2.05) is 6.92 Å². The topological polar surface area (TPSA) is 126 Å². The van der Waals surface area contributed by atoms with Crippen LogP contribution >= 0.6 is 0 Å². The van der Waals surface area contributed by atoms with Crippen molar-refractivity contribution in [1.29, 1.82) is 0 Å². The maximum atomic E-state index is 14.8. The van der Waals surface area contributed by atoms with Gasteiger partial charge in [0.25, 0.3) is 0 Å². The molecule has 0 bridgehead atoms. The number of hydrogen-bond acceptors (Lipinski definition) is 7.